The van der Waals surface area contributed by atoms with Gasteiger partial charge in [-0.3, -0.25) is 14.4 Å². The Morgan fingerprint density at radius 1 is 1.21 bits per heavy atom. The molecule has 0 unspecified atom stereocenters. The molecule has 1 aliphatic rings. The van der Waals surface area contributed by atoms with Gasteiger partial charge >= 0.3 is 0 Å². The van der Waals surface area contributed by atoms with Crippen LogP contribution in [0.5, 0.6) is 0 Å². The summed E-state index contributed by atoms with van der Waals surface area (Å²) in [6.45, 7) is 14.0. The van der Waals surface area contributed by atoms with Crippen molar-refractivity contribution in [3.63, 3.8) is 0 Å². The highest BCUT2D eigenvalue weighted by molar-refractivity contribution is 5.89. The second-order valence-corrected chi connectivity index (χ2v) is 7.74. The molecule has 0 amide bonds. The molecular formula is C20H24N8O. The van der Waals surface area contributed by atoms with Crippen molar-refractivity contribution in [1.29, 1.82) is 0 Å². The third-order valence-corrected chi connectivity index (χ3v) is 5.61. The lowest BCUT2D eigenvalue weighted by Gasteiger charge is -2.44. The number of aryl methyl sites for hydroxylation is 2. The summed E-state index contributed by atoms with van der Waals surface area (Å²) < 4.78 is 3.30. The predicted octanol–water partition coefficient (Wildman–Crippen LogP) is 1.71. The summed E-state index contributed by atoms with van der Waals surface area (Å²) in [7, 11) is 3.60. The van der Waals surface area contributed by atoms with E-state index in [0.29, 0.717) is 11.3 Å². The lowest BCUT2D eigenvalue weighted by Crippen LogP contribution is -2.56. The number of anilines is 1. The molecule has 3 aromatic heterocycles. The standard InChI is InChI=1S/C20H24N8O/c1-13-10-28(14(2)9-27(13)12-15-11-25(4)24-23-15)17-8-19(29)26(5)16-6-7-18(21-3)22-20(16)17/h6-8,11,13-14H,9-10,12H2,1-2,4-5H3/t13-,14+/m1/s1. The smallest absolute Gasteiger partial charge is 0.270 e. The molecule has 0 N–H and O–H groups in total. The van der Waals surface area contributed by atoms with Crippen molar-refractivity contribution in [2.75, 3.05) is 18.0 Å². The van der Waals surface area contributed by atoms with E-state index >= 15 is 0 Å². The average molecular weight is 392 g/mol. The number of rotatable bonds is 3. The summed E-state index contributed by atoms with van der Waals surface area (Å²) in [5.41, 5.74) is 3.10. The molecule has 3 aromatic rings. The van der Waals surface area contributed by atoms with Gasteiger partial charge in [0.1, 0.15) is 0 Å². The Morgan fingerprint density at radius 3 is 2.69 bits per heavy atom. The fourth-order valence-electron chi connectivity index (χ4n) is 4.01. The van der Waals surface area contributed by atoms with Gasteiger partial charge in [0.2, 0.25) is 5.52 Å². The van der Waals surface area contributed by atoms with Crippen LogP contribution in [0.15, 0.2) is 29.2 Å². The highest BCUT2D eigenvalue weighted by Gasteiger charge is 2.32. The maximum Gasteiger partial charge on any atom is 0.270 e. The van der Waals surface area contributed by atoms with Crippen molar-refractivity contribution >= 4 is 22.5 Å². The number of hydrogen-bond donors (Lipinski definition) is 0. The minimum absolute atomic E-state index is 0.0771. The summed E-state index contributed by atoms with van der Waals surface area (Å²) in [6, 6.07) is 5.54. The second-order valence-electron chi connectivity index (χ2n) is 7.74. The zero-order valence-electron chi connectivity index (χ0n) is 17.1. The Labute approximate surface area is 169 Å². The Balaban J connectivity index is 1.69. The first-order valence-corrected chi connectivity index (χ1v) is 9.61. The minimum atomic E-state index is -0.0771. The Morgan fingerprint density at radius 2 is 2.00 bits per heavy atom. The molecule has 29 heavy (non-hydrogen) atoms. The fraction of sp³-hybridized carbons (Fsp3) is 0.450. The molecule has 0 saturated carbocycles. The molecule has 0 spiro atoms. The van der Waals surface area contributed by atoms with Gasteiger partial charge in [-0.15, -0.1) is 10.1 Å². The van der Waals surface area contributed by atoms with Gasteiger partial charge in [-0.05, 0) is 26.0 Å². The number of nitrogens with zero attached hydrogens (tertiary/aromatic N) is 8. The van der Waals surface area contributed by atoms with E-state index in [1.807, 2.05) is 13.2 Å². The van der Waals surface area contributed by atoms with Gasteiger partial charge in [0.15, 0.2) is 0 Å². The Kier molecular flexibility index (Phi) is 4.80. The minimum Gasteiger partial charge on any atom is -0.362 e. The zero-order chi connectivity index (χ0) is 20.7. The third kappa shape index (κ3) is 3.47. The molecule has 9 nitrogen and oxygen atoms in total. The second kappa shape index (κ2) is 7.29. The normalized spacial score (nSPS) is 20.2. The van der Waals surface area contributed by atoms with Crippen molar-refractivity contribution in [2.24, 2.45) is 14.1 Å². The van der Waals surface area contributed by atoms with E-state index in [9.17, 15) is 4.79 Å². The monoisotopic (exact) mass is 392 g/mol. The van der Waals surface area contributed by atoms with Gasteiger partial charge in [-0.2, -0.15) is 0 Å². The van der Waals surface area contributed by atoms with Gasteiger partial charge in [-0.1, -0.05) is 11.8 Å². The van der Waals surface area contributed by atoms with Crippen LogP contribution in [0.1, 0.15) is 19.5 Å². The molecule has 1 saturated heterocycles. The summed E-state index contributed by atoms with van der Waals surface area (Å²) in [5.74, 6) is 0.333. The summed E-state index contributed by atoms with van der Waals surface area (Å²) in [5, 5.41) is 8.22. The molecule has 0 aromatic carbocycles. The first-order valence-electron chi connectivity index (χ1n) is 9.61. The van der Waals surface area contributed by atoms with E-state index in [0.717, 1.165) is 36.5 Å². The molecule has 0 bridgehead atoms. The molecule has 4 rings (SSSR count). The van der Waals surface area contributed by atoms with Crippen LogP contribution in [0.2, 0.25) is 0 Å². The summed E-state index contributed by atoms with van der Waals surface area (Å²) in [6.07, 6.45) is 1.94. The van der Waals surface area contributed by atoms with Crippen LogP contribution in [0.3, 0.4) is 0 Å². The van der Waals surface area contributed by atoms with Crippen molar-refractivity contribution in [3.8, 4) is 0 Å². The lowest BCUT2D eigenvalue weighted by molar-refractivity contribution is 0.156. The van der Waals surface area contributed by atoms with Gasteiger partial charge in [-0.25, -0.2) is 0 Å². The number of hydrogen-bond acceptors (Lipinski definition) is 6. The van der Waals surface area contributed by atoms with E-state index in [1.54, 1.807) is 34.5 Å². The van der Waals surface area contributed by atoms with E-state index < -0.39 is 0 Å². The molecule has 1 aliphatic heterocycles. The molecule has 150 valence electrons. The average Bonchev–Trinajstić information content (AvgIpc) is 3.11. The predicted molar refractivity (Wildman–Crippen MR) is 111 cm³/mol. The fourth-order valence-corrected chi connectivity index (χ4v) is 4.01. The topological polar surface area (TPSA) is 76.4 Å². The van der Waals surface area contributed by atoms with Gasteiger partial charge < -0.3 is 14.3 Å². The van der Waals surface area contributed by atoms with Gasteiger partial charge in [0, 0.05) is 58.1 Å². The lowest BCUT2D eigenvalue weighted by atomic mass is 10.1. The van der Waals surface area contributed by atoms with Crippen molar-refractivity contribution in [2.45, 2.75) is 32.5 Å². The highest BCUT2D eigenvalue weighted by atomic mass is 16.1. The van der Waals surface area contributed by atoms with Crippen LogP contribution in [-0.4, -0.2) is 54.6 Å². The first-order chi connectivity index (χ1) is 13.9. The van der Waals surface area contributed by atoms with Crippen LogP contribution < -0.4 is 10.5 Å². The third-order valence-electron chi connectivity index (χ3n) is 5.61. The van der Waals surface area contributed by atoms with E-state index in [-0.39, 0.29) is 17.6 Å². The quantitative estimate of drug-likeness (QED) is 0.632. The first kappa shape index (κ1) is 19.1. The molecule has 9 heteroatoms. The maximum absolute atomic E-state index is 12.6. The Bertz CT molecular complexity index is 1160. The van der Waals surface area contributed by atoms with E-state index in [4.69, 9.17) is 6.57 Å². The number of fused-ring (bicyclic) bond motifs is 1. The summed E-state index contributed by atoms with van der Waals surface area (Å²) >= 11 is 0. The molecule has 2 atom stereocenters. The Hall–Kier alpha value is -3.25. The summed E-state index contributed by atoms with van der Waals surface area (Å²) in [4.78, 5) is 25.2. The highest BCUT2D eigenvalue weighted by Crippen LogP contribution is 2.30. The van der Waals surface area contributed by atoms with Crippen LogP contribution >= 0.6 is 0 Å². The number of aromatic nitrogens is 5. The largest absolute Gasteiger partial charge is 0.362 e. The molecule has 4 heterocycles. The molecule has 0 aliphatic carbocycles. The molecular weight excluding hydrogens is 368 g/mol. The van der Waals surface area contributed by atoms with Crippen LogP contribution in [-0.2, 0) is 20.6 Å². The molecule has 1 fully saturated rings. The van der Waals surface area contributed by atoms with Crippen molar-refractivity contribution < 1.29 is 0 Å². The zero-order valence-corrected chi connectivity index (χ0v) is 17.1. The molecule has 0 radical (unpaired) electrons. The SMILES string of the molecule is [C-]#[N+]c1ccc2c(n1)c(N1C[C@@H](C)N(Cc3cn(C)nn3)C[C@@H]1C)cc(=O)n2C. The van der Waals surface area contributed by atoms with E-state index in [2.05, 4.69) is 43.8 Å². The number of piperazine rings is 1. The van der Waals surface area contributed by atoms with E-state index in [1.165, 1.54) is 0 Å². The van der Waals surface area contributed by atoms with Crippen molar-refractivity contribution in [3.05, 3.63) is 51.9 Å². The van der Waals surface area contributed by atoms with Crippen molar-refractivity contribution in [1.82, 2.24) is 29.4 Å². The van der Waals surface area contributed by atoms with Crippen LogP contribution in [0, 0.1) is 6.57 Å². The van der Waals surface area contributed by atoms with Crippen LogP contribution in [0.25, 0.3) is 15.9 Å². The number of pyridine rings is 2. The maximum atomic E-state index is 12.6. The van der Waals surface area contributed by atoms with Crippen LogP contribution in [0.4, 0.5) is 11.5 Å². The van der Waals surface area contributed by atoms with Gasteiger partial charge in [0.25, 0.3) is 11.4 Å². The van der Waals surface area contributed by atoms with Gasteiger partial charge in [0.05, 0.1) is 16.9 Å².